The second kappa shape index (κ2) is 4.48. The monoisotopic (exact) mass is 230 g/mol. The summed E-state index contributed by atoms with van der Waals surface area (Å²) in [6.45, 7) is 5.42. The molecule has 2 unspecified atom stereocenters. The lowest BCUT2D eigenvalue weighted by Gasteiger charge is -2.33. The topological polar surface area (TPSA) is 47.3 Å². The summed E-state index contributed by atoms with van der Waals surface area (Å²) in [5, 5.41) is 19.1. The summed E-state index contributed by atoms with van der Waals surface area (Å²) >= 11 is 0. The number of hydrogen-bond acceptors (Lipinski definition) is 3. The van der Waals surface area contributed by atoms with E-state index in [4.69, 9.17) is 5.26 Å². The van der Waals surface area contributed by atoms with Crippen molar-refractivity contribution in [1.29, 1.82) is 5.26 Å². The SMILES string of the molecule is CC1(C)C(O)C(C#N)CN1Cc1ccccc1. The average Bonchev–Trinajstić information content (AvgIpc) is 2.54. The zero-order valence-corrected chi connectivity index (χ0v) is 10.3. The van der Waals surface area contributed by atoms with Crippen LogP contribution >= 0.6 is 0 Å². The van der Waals surface area contributed by atoms with Gasteiger partial charge in [0.1, 0.15) is 0 Å². The number of aliphatic hydroxyl groups excluding tert-OH is 1. The van der Waals surface area contributed by atoms with Gasteiger partial charge in [0.2, 0.25) is 0 Å². The van der Waals surface area contributed by atoms with Crippen molar-refractivity contribution in [3.05, 3.63) is 35.9 Å². The highest BCUT2D eigenvalue weighted by Gasteiger charge is 2.46. The molecule has 2 rings (SSSR count). The van der Waals surface area contributed by atoms with E-state index in [0.717, 1.165) is 6.54 Å². The van der Waals surface area contributed by atoms with Crippen molar-refractivity contribution in [3.63, 3.8) is 0 Å². The van der Waals surface area contributed by atoms with Crippen LogP contribution < -0.4 is 0 Å². The molecule has 0 aliphatic carbocycles. The van der Waals surface area contributed by atoms with Gasteiger partial charge >= 0.3 is 0 Å². The fourth-order valence-corrected chi connectivity index (χ4v) is 2.44. The molecule has 90 valence electrons. The van der Waals surface area contributed by atoms with Gasteiger partial charge in [0.15, 0.2) is 0 Å². The fourth-order valence-electron chi connectivity index (χ4n) is 2.44. The Morgan fingerprint density at radius 2 is 2.06 bits per heavy atom. The van der Waals surface area contributed by atoms with Gasteiger partial charge in [-0.3, -0.25) is 4.90 Å². The Balaban J connectivity index is 2.15. The first kappa shape index (κ1) is 12.1. The van der Waals surface area contributed by atoms with Crippen LogP contribution in [-0.2, 0) is 6.54 Å². The molecule has 1 aromatic rings. The van der Waals surface area contributed by atoms with Gasteiger partial charge in [-0.05, 0) is 19.4 Å². The third-order valence-corrected chi connectivity index (χ3v) is 3.72. The van der Waals surface area contributed by atoms with Crippen LogP contribution in [0.2, 0.25) is 0 Å². The highest BCUT2D eigenvalue weighted by molar-refractivity contribution is 5.17. The lowest BCUT2D eigenvalue weighted by atomic mass is 9.93. The van der Waals surface area contributed by atoms with E-state index in [0.29, 0.717) is 6.54 Å². The third kappa shape index (κ3) is 2.19. The van der Waals surface area contributed by atoms with Gasteiger partial charge in [-0.2, -0.15) is 5.26 Å². The van der Waals surface area contributed by atoms with Crippen molar-refractivity contribution in [2.24, 2.45) is 5.92 Å². The predicted molar refractivity (Wildman–Crippen MR) is 66.0 cm³/mol. The first-order valence-corrected chi connectivity index (χ1v) is 5.92. The maximum Gasteiger partial charge on any atom is 0.0888 e. The number of aliphatic hydroxyl groups is 1. The Morgan fingerprint density at radius 1 is 1.41 bits per heavy atom. The number of nitriles is 1. The van der Waals surface area contributed by atoms with Gasteiger partial charge in [0.25, 0.3) is 0 Å². The molecule has 1 saturated heterocycles. The van der Waals surface area contributed by atoms with E-state index in [1.54, 1.807) is 0 Å². The van der Waals surface area contributed by atoms with Crippen LogP contribution in [0.25, 0.3) is 0 Å². The van der Waals surface area contributed by atoms with Crippen LogP contribution in [0.1, 0.15) is 19.4 Å². The molecule has 3 nitrogen and oxygen atoms in total. The summed E-state index contributed by atoms with van der Waals surface area (Å²) in [6, 6.07) is 12.3. The molecule has 0 amide bonds. The van der Waals surface area contributed by atoms with Gasteiger partial charge in [-0.25, -0.2) is 0 Å². The normalized spacial score (nSPS) is 27.9. The van der Waals surface area contributed by atoms with Crippen molar-refractivity contribution in [1.82, 2.24) is 4.90 Å². The van der Waals surface area contributed by atoms with E-state index in [-0.39, 0.29) is 11.5 Å². The number of likely N-dealkylation sites (tertiary alicyclic amines) is 1. The van der Waals surface area contributed by atoms with E-state index >= 15 is 0 Å². The lowest BCUT2D eigenvalue weighted by molar-refractivity contribution is 0.0438. The average molecular weight is 230 g/mol. The predicted octanol–water partition coefficient (Wildman–Crippen LogP) is 1.78. The standard InChI is InChI=1S/C14H18N2O/c1-14(2)13(17)12(8-15)10-16(14)9-11-6-4-3-5-7-11/h3-7,12-13,17H,9-10H2,1-2H3. The van der Waals surface area contributed by atoms with Crippen molar-refractivity contribution in [2.75, 3.05) is 6.54 Å². The molecule has 1 aliphatic heterocycles. The van der Waals surface area contributed by atoms with Gasteiger partial charge in [-0.15, -0.1) is 0 Å². The largest absolute Gasteiger partial charge is 0.390 e. The Kier molecular flexibility index (Phi) is 3.19. The molecule has 1 N–H and O–H groups in total. The zero-order valence-electron chi connectivity index (χ0n) is 10.3. The van der Waals surface area contributed by atoms with Gasteiger partial charge < -0.3 is 5.11 Å². The van der Waals surface area contributed by atoms with E-state index in [2.05, 4.69) is 23.1 Å². The molecule has 2 atom stereocenters. The highest BCUT2D eigenvalue weighted by Crippen LogP contribution is 2.33. The van der Waals surface area contributed by atoms with E-state index in [1.807, 2.05) is 32.0 Å². The van der Waals surface area contributed by atoms with Gasteiger partial charge in [0, 0.05) is 18.6 Å². The van der Waals surface area contributed by atoms with Crippen LogP contribution in [-0.4, -0.2) is 28.2 Å². The van der Waals surface area contributed by atoms with E-state index < -0.39 is 6.10 Å². The Morgan fingerprint density at radius 3 is 2.59 bits per heavy atom. The first-order valence-electron chi connectivity index (χ1n) is 5.92. The molecule has 1 aromatic carbocycles. The summed E-state index contributed by atoms with van der Waals surface area (Å²) < 4.78 is 0. The molecular weight excluding hydrogens is 212 g/mol. The first-order chi connectivity index (χ1) is 8.05. The molecule has 1 aliphatic rings. The molecule has 1 heterocycles. The molecule has 0 radical (unpaired) electrons. The fraction of sp³-hybridized carbons (Fsp3) is 0.500. The molecule has 17 heavy (non-hydrogen) atoms. The minimum absolute atomic E-state index is 0.284. The molecule has 0 aromatic heterocycles. The number of benzene rings is 1. The minimum atomic E-state index is -0.573. The summed E-state index contributed by atoms with van der Waals surface area (Å²) in [6.07, 6.45) is -0.573. The summed E-state index contributed by atoms with van der Waals surface area (Å²) in [7, 11) is 0. The second-order valence-electron chi connectivity index (χ2n) is 5.20. The highest BCUT2D eigenvalue weighted by atomic mass is 16.3. The van der Waals surface area contributed by atoms with Gasteiger partial charge in [0.05, 0.1) is 18.1 Å². The van der Waals surface area contributed by atoms with Crippen molar-refractivity contribution in [2.45, 2.75) is 32.0 Å². The van der Waals surface area contributed by atoms with Crippen molar-refractivity contribution in [3.8, 4) is 6.07 Å². The Hall–Kier alpha value is -1.37. The van der Waals surface area contributed by atoms with Crippen LogP contribution in [0.15, 0.2) is 30.3 Å². The maximum atomic E-state index is 10.1. The third-order valence-electron chi connectivity index (χ3n) is 3.72. The van der Waals surface area contributed by atoms with Crippen molar-refractivity contribution >= 4 is 0 Å². The molecule has 0 bridgehead atoms. The van der Waals surface area contributed by atoms with Crippen LogP contribution in [0, 0.1) is 17.2 Å². The Labute approximate surface area is 102 Å². The number of hydrogen-bond donors (Lipinski definition) is 1. The minimum Gasteiger partial charge on any atom is -0.390 e. The molecule has 0 saturated carbocycles. The summed E-state index contributed by atoms with van der Waals surface area (Å²) in [5.41, 5.74) is 0.877. The molecular formula is C14H18N2O. The maximum absolute atomic E-state index is 10.1. The summed E-state index contributed by atoms with van der Waals surface area (Å²) in [5.74, 6) is -0.284. The number of nitrogens with zero attached hydrogens (tertiary/aromatic N) is 2. The van der Waals surface area contributed by atoms with E-state index in [9.17, 15) is 5.11 Å². The molecule has 3 heteroatoms. The molecule has 1 fully saturated rings. The lowest BCUT2D eigenvalue weighted by Crippen LogP contribution is -2.44. The van der Waals surface area contributed by atoms with E-state index in [1.165, 1.54) is 5.56 Å². The van der Waals surface area contributed by atoms with Gasteiger partial charge in [-0.1, -0.05) is 30.3 Å². The van der Waals surface area contributed by atoms with Crippen LogP contribution in [0.5, 0.6) is 0 Å². The smallest absolute Gasteiger partial charge is 0.0888 e. The number of rotatable bonds is 2. The molecule has 0 spiro atoms. The quantitative estimate of drug-likeness (QED) is 0.842. The van der Waals surface area contributed by atoms with Crippen LogP contribution in [0.4, 0.5) is 0 Å². The van der Waals surface area contributed by atoms with Crippen molar-refractivity contribution < 1.29 is 5.11 Å². The second-order valence-corrected chi connectivity index (χ2v) is 5.20. The van der Waals surface area contributed by atoms with Crippen LogP contribution in [0.3, 0.4) is 0 Å². The zero-order chi connectivity index (χ0) is 12.5. The summed E-state index contributed by atoms with van der Waals surface area (Å²) in [4.78, 5) is 2.18. The Bertz CT molecular complexity index is 422.